The highest BCUT2D eigenvalue weighted by Gasteiger charge is 2.25. The molecule has 0 spiro atoms. The summed E-state index contributed by atoms with van der Waals surface area (Å²) in [6, 6.07) is 0. The number of rotatable bonds is 39. The number of phosphoric acid groups is 1. The van der Waals surface area contributed by atoms with Crippen molar-refractivity contribution < 1.29 is 43.0 Å². The first-order valence-electron chi connectivity index (χ1n) is 20.4. The van der Waals surface area contributed by atoms with Crippen LogP contribution in [-0.2, 0) is 27.9 Å². The average Bonchev–Trinajstić information content (AvgIpc) is 3.10. The summed E-state index contributed by atoms with van der Waals surface area (Å²) in [5.74, 6) is -0.382. The van der Waals surface area contributed by atoms with Crippen LogP contribution in [0, 0.1) is 0 Å². The SMILES string of the molecule is CCCCCCCCCCCCCCCCOCC(COP(=O)(O)OCCN)OC(=O)CCCCCCC/C=C\CC(O)C(O)CCCCC. The molecule has 0 saturated carbocycles. The van der Waals surface area contributed by atoms with E-state index in [4.69, 9.17) is 24.3 Å². The van der Waals surface area contributed by atoms with Crippen LogP contribution in [0.4, 0.5) is 0 Å². The van der Waals surface area contributed by atoms with Crippen LogP contribution in [0.3, 0.4) is 0 Å². The van der Waals surface area contributed by atoms with Crippen molar-refractivity contribution in [2.24, 2.45) is 5.73 Å². The summed E-state index contributed by atoms with van der Waals surface area (Å²) in [7, 11) is -4.30. The minimum atomic E-state index is -4.30. The van der Waals surface area contributed by atoms with Gasteiger partial charge in [-0.2, -0.15) is 0 Å². The molecular weight excluding hydrogens is 657 g/mol. The second-order valence-corrected chi connectivity index (χ2v) is 15.3. The van der Waals surface area contributed by atoms with E-state index in [-0.39, 0.29) is 38.8 Å². The van der Waals surface area contributed by atoms with E-state index in [1.165, 1.54) is 77.0 Å². The summed E-state index contributed by atoms with van der Waals surface area (Å²) < 4.78 is 33.3. The van der Waals surface area contributed by atoms with Gasteiger partial charge in [-0.15, -0.1) is 0 Å². The number of aliphatic hydroxyl groups is 2. The van der Waals surface area contributed by atoms with Crippen LogP contribution in [0.1, 0.15) is 181 Å². The van der Waals surface area contributed by atoms with Crippen molar-refractivity contribution >= 4 is 13.8 Å². The zero-order chi connectivity index (χ0) is 37.0. The number of nitrogens with two attached hydrogens (primary N) is 1. The number of hydrogen-bond acceptors (Lipinski definition) is 9. The van der Waals surface area contributed by atoms with Crippen LogP contribution < -0.4 is 5.73 Å². The van der Waals surface area contributed by atoms with Crippen LogP contribution in [0.2, 0.25) is 0 Å². The molecule has 4 unspecified atom stereocenters. The highest BCUT2D eigenvalue weighted by Crippen LogP contribution is 2.43. The van der Waals surface area contributed by atoms with Crippen LogP contribution in [0.5, 0.6) is 0 Å². The maximum Gasteiger partial charge on any atom is 0.472 e. The van der Waals surface area contributed by atoms with Crippen molar-refractivity contribution in [1.29, 1.82) is 0 Å². The van der Waals surface area contributed by atoms with Crippen molar-refractivity contribution in [1.82, 2.24) is 0 Å². The molecule has 298 valence electrons. The fourth-order valence-corrected chi connectivity index (χ4v) is 6.49. The van der Waals surface area contributed by atoms with Crippen molar-refractivity contribution in [3.63, 3.8) is 0 Å². The van der Waals surface area contributed by atoms with E-state index in [2.05, 4.69) is 19.9 Å². The van der Waals surface area contributed by atoms with Crippen LogP contribution in [-0.4, -0.2) is 72.4 Å². The highest BCUT2D eigenvalue weighted by atomic mass is 31.2. The van der Waals surface area contributed by atoms with Gasteiger partial charge in [0.05, 0.1) is 32.0 Å². The molecule has 0 rings (SSSR count). The molecular formula is C39H78NO9P. The van der Waals surface area contributed by atoms with E-state index >= 15 is 0 Å². The second kappa shape index (κ2) is 36.5. The molecule has 4 atom stereocenters. The fraction of sp³-hybridized carbons (Fsp3) is 0.923. The lowest BCUT2D eigenvalue weighted by Crippen LogP contribution is -2.28. The predicted molar refractivity (Wildman–Crippen MR) is 204 cm³/mol. The molecule has 0 bridgehead atoms. The van der Waals surface area contributed by atoms with Gasteiger partial charge in [-0.3, -0.25) is 13.8 Å². The lowest BCUT2D eigenvalue weighted by atomic mass is 10.0. The Bertz CT molecular complexity index is 816. The minimum absolute atomic E-state index is 0.0831. The van der Waals surface area contributed by atoms with Gasteiger partial charge in [0.25, 0.3) is 0 Å². The standard InChI is InChI=1S/C39H78NO9P/c1-3-5-7-8-9-10-11-12-13-14-17-20-23-27-32-46-34-36(35-48-50(44,45)47-33-31-40)49-39(43)30-26-22-19-16-15-18-21-25-29-38(42)37(41)28-24-6-4-2/h21,25,36-38,41-42H,3-20,22-24,26-35,40H2,1-2H3,(H,44,45)/b25-21-. The first-order valence-corrected chi connectivity index (χ1v) is 21.9. The Hall–Kier alpha value is -0.840. The monoisotopic (exact) mass is 736 g/mol. The summed E-state index contributed by atoms with van der Waals surface area (Å²) in [5.41, 5.74) is 5.35. The van der Waals surface area contributed by atoms with Gasteiger partial charge < -0.3 is 30.3 Å². The molecule has 0 saturated heterocycles. The van der Waals surface area contributed by atoms with Crippen molar-refractivity contribution in [3.05, 3.63) is 12.2 Å². The Morgan fingerprint density at radius 3 is 1.80 bits per heavy atom. The molecule has 0 aromatic carbocycles. The van der Waals surface area contributed by atoms with Gasteiger partial charge in [0.15, 0.2) is 0 Å². The van der Waals surface area contributed by atoms with Crippen molar-refractivity contribution in [2.75, 3.05) is 33.0 Å². The molecule has 0 amide bonds. The molecule has 0 aromatic heterocycles. The molecule has 0 aliphatic carbocycles. The van der Waals surface area contributed by atoms with Gasteiger partial charge in [-0.25, -0.2) is 4.57 Å². The number of carbonyl (C=O) groups is 1. The third-order valence-electron chi connectivity index (χ3n) is 8.88. The molecule has 0 radical (unpaired) electrons. The number of aliphatic hydroxyl groups excluding tert-OH is 2. The van der Waals surface area contributed by atoms with E-state index in [0.717, 1.165) is 64.2 Å². The third kappa shape index (κ3) is 34.3. The average molecular weight is 736 g/mol. The highest BCUT2D eigenvalue weighted by molar-refractivity contribution is 7.47. The summed E-state index contributed by atoms with van der Waals surface area (Å²) in [6.45, 7) is 4.66. The zero-order valence-electron chi connectivity index (χ0n) is 32.1. The topological polar surface area (TPSA) is 158 Å². The molecule has 10 nitrogen and oxygen atoms in total. The zero-order valence-corrected chi connectivity index (χ0v) is 33.0. The largest absolute Gasteiger partial charge is 0.472 e. The smallest absolute Gasteiger partial charge is 0.457 e. The van der Waals surface area contributed by atoms with Crippen LogP contribution in [0.15, 0.2) is 12.2 Å². The van der Waals surface area contributed by atoms with E-state index in [1.807, 2.05) is 6.08 Å². The molecule has 11 heteroatoms. The van der Waals surface area contributed by atoms with Gasteiger partial charge in [0, 0.05) is 19.6 Å². The molecule has 0 aliphatic heterocycles. The number of ether oxygens (including phenoxy) is 2. The molecule has 0 aromatic rings. The first-order chi connectivity index (χ1) is 24.3. The normalized spacial score (nSPS) is 14.9. The number of phosphoric ester groups is 1. The quantitative estimate of drug-likeness (QED) is 0.0207. The van der Waals surface area contributed by atoms with Gasteiger partial charge in [-0.1, -0.05) is 148 Å². The lowest BCUT2D eigenvalue weighted by Gasteiger charge is -2.20. The van der Waals surface area contributed by atoms with Crippen LogP contribution >= 0.6 is 7.82 Å². The van der Waals surface area contributed by atoms with E-state index in [9.17, 15) is 24.5 Å². The number of hydrogen-bond donors (Lipinski definition) is 4. The maximum absolute atomic E-state index is 12.5. The Kier molecular flexibility index (Phi) is 35.9. The summed E-state index contributed by atoms with van der Waals surface area (Å²) >= 11 is 0. The van der Waals surface area contributed by atoms with Crippen molar-refractivity contribution in [2.45, 2.75) is 199 Å². The summed E-state index contributed by atoms with van der Waals surface area (Å²) in [5, 5.41) is 20.1. The Balaban J connectivity index is 4.14. The maximum atomic E-state index is 12.5. The Morgan fingerprint density at radius 1 is 0.660 bits per heavy atom. The van der Waals surface area contributed by atoms with E-state index in [0.29, 0.717) is 25.9 Å². The fourth-order valence-electron chi connectivity index (χ4n) is 5.73. The molecule has 0 heterocycles. The second-order valence-electron chi connectivity index (χ2n) is 13.8. The molecule has 0 aliphatic rings. The van der Waals surface area contributed by atoms with E-state index < -0.39 is 26.1 Å². The number of unbranched alkanes of at least 4 members (excludes halogenated alkanes) is 20. The van der Waals surface area contributed by atoms with Gasteiger partial charge in [0.1, 0.15) is 6.10 Å². The van der Waals surface area contributed by atoms with Gasteiger partial charge >= 0.3 is 13.8 Å². The minimum Gasteiger partial charge on any atom is -0.457 e. The first kappa shape index (κ1) is 49.2. The Morgan fingerprint density at radius 2 is 1.20 bits per heavy atom. The summed E-state index contributed by atoms with van der Waals surface area (Å²) in [6.07, 6.45) is 29.9. The molecule has 0 fully saturated rings. The van der Waals surface area contributed by atoms with Crippen LogP contribution in [0.25, 0.3) is 0 Å². The number of allylic oxidation sites excluding steroid dienone is 1. The van der Waals surface area contributed by atoms with Gasteiger partial charge in [0.2, 0.25) is 0 Å². The number of carbonyl (C=O) groups excluding carboxylic acids is 1. The molecule has 5 N–H and O–H groups in total. The lowest BCUT2D eigenvalue weighted by molar-refractivity contribution is -0.154. The Labute approximate surface area is 306 Å². The molecule has 50 heavy (non-hydrogen) atoms. The van der Waals surface area contributed by atoms with E-state index in [1.54, 1.807) is 0 Å². The third-order valence-corrected chi connectivity index (χ3v) is 9.87. The predicted octanol–water partition coefficient (Wildman–Crippen LogP) is 9.47. The van der Waals surface area contributed by atoms with Gasteiger partial charge in [-0.05, 0) is 38.5 Å². The summed E-state index contributed by atoms with van der Waals surface area (Å²) in [4.78, 5) is 22.4. The van der Waals surface area contributed by atoms with Crippen molar-refractivity contribution in [3.8, 4) is 0 Å². The number of esters is 1.